The highest BCUT2D eigenvalue weighted by Gasteiger charge is 2.19. The first-order valence-electron chi connectivity index (χ1n) is 7.28. The zero-order valence-electron chi connectivity index (χ0n) is 13.0. The van der Waals surface area contributed by atoms with Gasteiger partial charge in [0.05, 0.1) is 10.9 Å². The lowest BCUT2D eigenvalue weighted by atomic mass is 10.3. The van der Waals surface area contributed by atoms with E-state index in [9.17, 15) is 13.6 Å². The summed E-state index contributed by atoms with van der Waals surface area (Å²) >= 11 is 1.12. The molecule has 2 aromatic heterocycles. The summed E-state index contributed by atoms with van der Waals surface area (Å²) in [6.07, 6.45) is 3.27. The van der Waals surface area contributed by atoms with Crippen LogP contribution in [0.5, 0.6) is 0 Å². The topological polar surface area (TPSA) is 83.6 Å². The molecule has 3 aromatic rings. The van der Waals surface area contributed by atoms with Crippen LogP contribution in [0.2, 0.25) is 0 Å². The van der Waals surface area contributed by atoms with Gasteiger partial charge in [0, 0.05) is 24.0 Å². The Hall–Kier alpha value is -2.81. The van der Waals surface area contributed by atoms with E-state index in [1.54, 1.807) is 31.5 Å². The molecule has 0 aliphatic heterocycles. The van der Waals surface area contributed by atoms with E-state index in [4.69, 9.17) is 0 Å². The lowest BCUT2D eigenvalue weighted by molar-refractivity contribution is -0.115. The second-order valence-electron chi connectivity index (χ2n) is 5.08. The fourth-order valence-corrected chi connectivity index (χ4v) is 2.70. The molecule has 0 spiro atoms. The summed E-state index contributed by atoms with van der Waals surface area (Å²) in [5.74, 6) is -1.42. The SMILES string of the molecule is C[C@H](Sc1n[nH]c(-c2ccncc2)n1)C(=O)Nc1ccc(F)cc1F. The first-order valence-corrected chi connectivity index (χ1v) is 8.16. The van der Waals surface area contributed by atoms with Gasteiger partial charge in [-0.2, -0.15) is 0 Å². The monoisotopic (exact) mass is 361 g/mol. The minimum atomic E-state index is -0.830. The highest BCUT2D eigenvalue weighted by atomic mass is 32.2. The average molecular weight is 361 g/mol. The van der Waals surface area contributed by atoms with Gasteiger partial charge in [0.25, 0.3) is 0 Å². The largest absolute Gasteiger partial charge is 0.323 e. The zero-order valence-corrected chi connectivity index (χ0v) is 13.8. The van der Waals surface area contributed by atoms with E-state index < -0.39 is 22.8 Å². The van der Waals surface area contributed by atoms with E-state index in [0.717, 1.165) is 23.4 Å². The standard InChI is InChI=1S/C16H13F2N5OS/c1-9(15(24)20-13-3-2-11(17)8-12(13)18)25-16-21-14(22-23-16)10-4-6-19-7-5-10/h2-9H,1H3,(H,20,24)(H,21,22,23)/t9-/m0/s1. The normalized spacial score (nSPS) is 12.0. The van der Waals surface area contributed by atoms with E-state index >= 15 is 0 Å². The number of hydrogen-bond acceptors (Lipinski definition) is 5. The average Bonchev–Trinajstić information content (AvgIpc) is 3.06. The number of rotatable bonds is 5. The summed E-state index contributed by atoms with van der Waals surface area (Å²) in [7, 11) is 0. The maximum atomic E-state index is 13.6. The molecule has 3 rings (SSSR count). The molecule has 128 valence electrons. The van der Waals surface area contributed by atoms with Crippen LogP contribution in [0.1, 0.15) is 6.92 Å². The van der Waals surface area contributed by atoms with Gasteiger partial charge in [-0.25, -0.2) is 13.8 Å². The van der Waals surface area contributed by atoms with Crippen molar-refractivity contribution in [2.24, 2.45) is 0 Å². The Bertz CT molecular complexity index is 887. The molecule has 1 atom stereocenters. The fraction of sp³-hybridized carbons (Fsp3) is 0.125. The molecule has 9 heteroatoms. The van der Waals surface area contributed by atoms with Crippen LogP contribution in [-0.4, -0.2) is 31.3 Å². The first-order chi connectivity index (χ1) is 12.0. The van der Waals surface area contributed by atoms with Crippen molar-refractivity contribution in [3.63, 3.8) is 0 Å². The van der Waals surface area contributed by atoms with Gasteiger partial charge in [0.2, 0.25) is 11.1 Å². The smallest absolute Gasteiger partial charge is 0.237 e. The number of halogens is 2. The van der Waals surface area contributed by atoms with E-state index in [2.05, 4.69) is 25.5 Å². The Kier molecular flexibility index (Phi) is 5.03. The quantitative estimate of drug-likeness (QED) is 0.682. The third kappa shape index (κ3) is 4.18. The molecule has 1 aromatic carbocycles. The molecule has 0 unspecified atom stereocenters. The third-order valence-electron chi connectivity index (χ3n) is 3.26. The Morgan fingerprint density at radius 1 is 1.24 bits per heavy atom. The summed E-state index contributed by atoms with van der Waals surface area (Å²) < 4.78 is 26.5. The van der Waals surface area contributed by atoms with Crippen LogP contribution in [0.25, 0.3) is 11.4 Å². The van der Waals surface area contributed by atoms with Crippen molar-refractivity contribution >= 4 is 23.4 Å². The van der Waals surface area contributed by atoms with Crippen molar-refractivity contribution in [3.05, 3.63) is 54.4 Å². The molecule has 0 bridgehead atoms. The number of thioether (sulfide) groups is 1. The Morgan fingerprint density at radius 2 is 2.00 bits per heavy atom. The summed E-state index contributed by atoms with van der Waals surface area (Å²) in [5.41, 5.74) is 0.742. The van der Waals surface area contributed by atoms with Crippen LogP contribution < -0.4 is 5.32 Å². The summed E-state index contributed by atoms with van der Waals surface area (Å²) in [5, 5.41) is 9.07. The number of aromatic nitrogens is 4. The van der Waals surface area contributed by atoms with Crippen molar-refractivity contribution in [1.29, 1.82) is 0 Å². The van der Waals surface area contributed by atoms with E-state index in [-0.39, 0.29) is 5.69 Å². The van der Waals surface area contributed by atoms with Gasteiger partial charge < -0.3 is 5.32 Å². The van der Waals surface area contributed by atoms with Crippen LogP contribution >= 0.6 is 11.8 Å². The number of amides is 1. The van der Waals surface area contributed by atoms with Crippen molar-refractivity contribution in [3.8, 4) is 11.4 Å². The van der Waals surface area contributed by atoms with Crippen LogP contribution in [0.3, 0.4) is 0 Å². The molecule has 0 fully saturated rings. The molecule has 25 heavy (non-hydrogen) atoms. The molecule has 1 amide bonds. The summed E-state index contributed by atoms with van der Waals surface area (Å²) in [6, 6.07) is 6.52. The van der Waals surface area contributed by atoms with Gasteiger partial charge in [0.1, 0.15) is 11.6 Å². The molecule has 0 saturated heterocycles. The Balaban J connectivity index is 1.65. The lowest BCUT2D eigenvalue weighted by Gasteiger charge is -2.10. The summed E-state index contributed by atoms with van der Waals surface area (Å²) in [4.78, 5) is 20.4. The Labute approximate surface area is 146 Å². The van der Waals surface area contributed by atoms with Gasteiger partial charge in [-0.1, -0.05) is 11.8 Å². The number of nitrogens with zero attached hydrogens (tertiary/aromatic N) is 3. The van der Waals surface area contributed by atoms with E-state index in [1.807, 2.05) is 0 Å². The highest BCUT2D eigenvalue weighted by Crippen LogP contribution is 2.24. The van der Waals surface area contributed by atoms with Crippen LogP contribution in [0, 0.1) is 11.6 Å². The van der Waals surface area contributed by atoms with Crippen molar-refractivity contribution in [2.75, 3.05) is 5.32 Å². The molecular formula is C16H13F2N5OS. The van der Waals surface area contributed by atoms with Gasteiger partial charge in [0.15, 0.2) is 5.82 Å². The molecular weight excluding hydrogens is 348 g/mol. The van der Waals surface area contributed by atoms with Gasteiger partial charge >= 0.3 is 0 Å². The number of benzene rings is 1. The number of nitrogens with one attached hydrogen (secondary N) is 2. The second kappa shape index (κ2) is 7.39. The molecule has 0 aliphatic carbocycles. The van der Waals surface area contributed by atoms with Crippen LogP contribution in [0.4, 0.5) is 14.5 Å². The number of anilines is 1. The minimum Gasteiger partial charge on any atom is -0.323 e. The molecule has 2 heterocycles. The molecule has 0 aliphatic rings. The fourth-order valence-electron chi connectivity index (χ4n) is 1.97. The maximum Gasteiger partial charge on any atom is 0.237 e. The second-order valence-corrected chi connectivity index (χ2v) is 6.38. The van der Waals surface area contributed by atoms with Gasteiger partial charge in [-0.05, 0) is 31.2 Å². The lowest BCUT2D eigenvalue weighted by Crippen LogP contribution is -2.23. The number of carbonyl (C=O) groups excluding carboxylic acids is 1. The number of aromatic amines is 1. The number of carbonyl (C=O) groups is 1. The van der Waals surface area contributed by atoms with Crippen LogP contribution in [-0.2, 0) is 4.79 Å². The maximum absolute atomic E-state index is 13.6. The first kappa shape index (κ1) is 17.0. The van der Waals surface area contributed by atoms with Gasteiger partial charge in [-0.3, -0.25) is 14.9 Å². The third-order valence-corrected chi connectivity index (χ3v) is 4.22. The van der Waals surface area contributed by atoms with Crippen molar-refractivity contribution < 1.29 is 13.6 Å². The number of pyridine rings is 1. The van der Waals surface area contributed by atoms with Crippen molar-refractivity contribution in [1.82, 2.24) is 20.2 Å². The predicted octanol–water partition coefficient (Wildman–Crippen LogP) is 3.26. The van der Waals surface area contributed by atoms with Gasteiger partial charge in [-0.15, -0.1) is 5.10 Å². The molecule has 0 saturated carbocycles. The zero-order chi connectivity index (χ0) is 17.8. The predicted molar refractivity (Wildman–Crippen MR) is 89.9 cm³/mol. The minimum absolute atomic E-state index is 0.0775. The molecule has 0 radical (unpaired) electrons. The highest BCUT2D eigenvalue weighted by molar-refractivity contribution is 8.00. The number of H-pyrrole nitrogens is 1. The van der Waals surface area contributed by atoms with E-state index in [0.29, 0.717) is 17.0 Å². The Morgan fingerprint density at radius 3 is 2.72 bits per heavy atom. The number of hydrogen-bond donors (Lipinski definition) is 2. The summed E-state index contributed by atoms with van der Waals surface area (Å²) in [6.45, 7) is 1.64. The van der Waals surface area contributed by atoms with Crippen molar-refractivity contribution in [2.45, 2.75) is 17.3 Å². The van der Waals surface area contributed by atoms with Crippen LogP contribution in [0.15, 0.2) is 47.9 Å². The molecule has 6 nitrogen and oxygen atoms in total. The van der Waals surface area contributed by atoms with E-state index in [1.165, 1.54) is 6.07 Å². The molecule has 2 N–H and O–H groups in total.